The third-order valence-corrected chi connectivity index (χ3v) is 1.80. The van der Waals surface area contributed by atoms with Crippen molar-refractivity contribution in [1.29, 1.82) is 0 Å². The summed E-state index contributed by atoms with van der Waals surface area (Å²) in [4.78, 5) is 0.101. The van der Waals surface area contributed by atoms with Gasteiger partial charge in [0.25, 0.3) is 4.84 Å². The summed E-state index contributed by atoms with van der Waals surface area (Å²) >= 11 is 4.66. The minimum atomic E-state index is -0.527. The first kappa shape index (κ1) is 8.89. The van der Waals surface area contributed by atoms with E-state index >= 15 is 0 Å². The van der Waals surface area contributed by atoms with E-state index in [2.05, 4.69) is 22.4 Å². The predicted molar refractivity (Wildman–Crippen MR) is 48.7 cm³/mol. The van der Waals surface area contributed by atoms with Gasteiger partial charge in [0.15, 0.2) is 0 Å². The second-order valence-electron chi connectivity index (χ2n) is 2.58. The fraction of sp³-hybridized carbons (Fsp3) is 0. The van der Waals surface area contributed by atoms with Crippen molar-refractivity contribution in [3.63, 3.8) is 0 Å². The number of phenols is 1. The first-order chi connectivity index (χ1) is 6.66. The zero-order valence-electron chi connectivity index (χ0n) is 6.82. The third-order valence-electron chi connectivity index (χ3n) is 1.63. The summed E-state index contributed by atoms with van der Waals surface area (Å²) in [6, 6.07) is 3.53. The zero-order valence-corrected chi connectivity index (χ0v) is 7.64. The first-order valence-electron chi connectivity index (χ1n) is 3.71. The van der Waals surface area contributed by atoms with Crippen LogP contribution in [0.5, 0.6) is 5.75 Å². The van der Waals surface area contributed by atoms with Crippen LogP contribution in [0, 0.1) is 10.7 Å². The molecule has 6 heteroatoms. The Balaban J connectivity index is 2.57. The Morgan fingerprint density at radius 1 is 1.50 bits per heavy atom. The van der Waals surface area contributed by atoms with E-state index in [0.717, 1.165) is 6.07 Å². The Labute approximate surface area is 83.0 Å². The molecule has 2 aromatic rings. The van der Waals surface area contributed by atoms with Crippen molar-refractivity contribution < 1.29 is 13.9 Å². The summed E-state index contributed by atoms with van der Waals surface area (Å²) in [6.45, 7) is 0. The van der Waals surface area contributed by atoms with Crippen molar-refractivity contribution in [2.24, 2.45) is 0 Å². The quantitative estimate of drug-likeness (QED) is 0.711. The maximum absolute atomic E-state index is 12.6. The number of aromatic nitrogens is 2. The van der Waals surface area contributed by atoms with Gasteiger partial charge in [0.2, 0.25) is 5.89 Å². The lowest BCUT2D eigenvalue weighted by atomic mass is 10.2. The van der Waals surface area contributed by atoms with Crippen LogP contribution in [0.1, 0.15) is 0 Å². The van der Waals surface area contributed by atoms with Crippen LogP contribution >= 0.6 is 12.2 Å². The van der Waals surface area contributed by atoms with Crippen LogP contribution in [-0.2, 0) is 0 Å². The fourth-order valence-corrected chi connectivity index (χ4v) is 1.16. The number of nitrogens with one attached hydrogen (secondary N) is 1. The molecule has 1 aromatic carbocycles. The zero-order chi connectivity index (χ0) is 10.1. The second kappa shape index (κ2) is 3.22. The Morgan fingerprint density at radius 3 is 2.86 bits per heavy atom. The summed E-state index contributed by atoms with van der Waals surface area (Å²) in [5.41, 5.74) is 0.291. The topological polar surface area (TPSA) is 62.1 Å². The summed E-state index contributed by atoms with van der Waals surface area (Å²) in [7, 11) is 0. The number of nitrogens with zero attached hydrogens (tertiary/aromatic N) is 1. The molecule has 4 nitrogen and oxygen atoms in total. The Morgan fingerprint density at radius 2 is 2.29 bits per heavy atom. The van der Waals surface area contributed by atoms with Gasteiger partial charge in [-0.1, -0.05) is 0 Å². The van der Waals surface area contributed by atoms with Gasteiger partial charge in [-0.25, -0.2) is 9.49 Å². The fourth-order valence-electron chi connectivity index (χ4n) is 1.03. The lowest BCUT2D eigenvalue weighted by Gasteiger charge is -1.98. The number of halogens is 1. The molecule has 0 aliphatic heterocycles. The second-order valence-corrected chi connectivity index (χ2v) is 2.95. The van der Waals surface area contributed by atoms with Crippen molar-refractivity contribution in [2.45, 2.75) is 0 Å². The van der Waals surface area contributed by atoms with Gasteiger partial charge in [-0.2, -0.15) is 0 Å². The summed E-state index contributed by atoms with van der Waals surface area (Å²) in [6.07, 6.45) is 0. The molecule has 0 atom stereocenters. The molecule has 0 saturated carbocycles. The van der Waals surface area contributed by atoms with Crippen molar-refractivity contribution in [3.8, 4) is 17.2 Å². The van der Waals surface area contributed by atoms with Gasteiger partial charge in [0.1, 0.15) is 11.6 Å². The summed E-state index contributed by atoms with van der Waals surface area (Å²) in [5, 5.41) is 15.5. The molecule has 0 spiro atoms. The Hall–Kier alpha value is -1.69. The number of H-pyrrole nitrogens is 1. The number of hydrogen-bond acceptors (Lipinski definition) is 4. The van der Waals surface area contributed by atoms with Crippen LogP contribution in [0.2, 0.25) is 0 Å². The van der Waals surface area contributed by atoms with E-state index in [1.54, 1.807) is 0 Å². The van der Waals surface area contributed by atoms with Crippen LogP contribution in [0.3, 0.4) is 0 Å². The number of aromatic hydroxyl groups is 1. The smallest absolute Gasteiger partial charge is 0.284 e. The van der Waals surface area contributed by atoms with Crippen LogP contribution < -0.4 is 0 Å². The minimum absolute atomic E-state index is 0.101. The van der Waals surface area contributed by atoms with Gasteiger partial charge in [-0.05, 0) is 24.4 Å². The molecule has 0 aliphatic rings. The van der Waals surface area contributed by atoms with Gasteiger partial charge in [-0.15, -0.1) is 5.10 Å². The Kier molecular flexibility index (Phi) is 2.05. The van der Waals surface area contributed by atoms with Crippen LogP contribution in [0.15, 0.2) is 22.6 Å². The maximum Gasteiger partial charge on any atom is 0.284 e. The monoisotopic (exact) mass is 212 g/mol. The van der Waals surface area contributed by atoms with Gasteiger partial charge >= 0.3 is 0 Å². The normalized spacial score (nSPS) is 10.4. The average Bonchev–Trinajstić information content (AvgIpc) is 2.51. The molecule has 0 fully saturated rings. The SMILES string of the molecule is Oc1cc(F)ccc1-c1n[nH]c(=S)o1. The van der Waals surface area contributed by atoms with E-state index in [1.165, 1.54) is 12.1 Å². The number of hydrogen-bond donors (Lipinski definition) is 2. The number of phenolic OH excluding ortho intramolecular Hbond substituents is 1. The number of aromatic amines is 1. The Bertz CT molecular complexity index is 520. The van der Waals surface area contributed by atoms with E-state index in [1.807, 2.05) is 0 Å². The molecule has 14 heavy (non-hydrogen) atoms. The minimum Gasteiger partial charge on any atom is -0.507 e. The highest BCUT2D eigenvalue weighted by Gasteiger charge is 2.09. The highest BCUT2D eigenvalue weighted by molar-refractivity contribution is 7.71. The molecule has 0 amide bonds. The molecule has 0 unspecified atom stereocenters. The molecule has 2 N–H and O–H groups in total. The van der Waals surface area contributed by atoms with Crippen LogP contribution in [0.25, 0.3) is 11.5 Å². The first-order valence-corrected chi connectivity index (χ1v) is 4.12. The molecule has 0 bridgehead atoms. The number of rotatable bonds is 1. The van der Waals surface area contributed by atoms with Gasteiger partial charge < -0.3 is 9.52 Å². The van der Waals surface area contributed by atoms with Crippen LogP contribution in [0.4, 0.5) is 4.39 Å². The van der Waals surface area contributed by atoms with Crippen molar-refractivity contribution >= 4 is 12.2 Å². The lowest BCUT2D eigenvalue weighted by Crippen LogP contribution is -1.81. The molecule has 1 aromatic heterocycles. The van der Waals surface area contributed by atoms with E-state index in [-0.39, 0.29) is 16.5 Å². The third kappa shape index (κ3) is 1.51. The molecular weight excluding hydrogens is 207 g/mol. The molecule has 0 saturated heterocycles. The molecule has 0 aliphatic carbocycles. The molecule has 72 valence electrons. The summed E-state index contributed by atoms with van der Waals surface area (Å²) in [5.74, 6) is -0.636. The predicted octanol–water partition coefficient (Wildman–Crippen LogP) is 2.24. The average molecular weight is 212 g/mol. The molecule has 0 radical (unpaired) electrons. The van der Waals surface area contributed by atoms with Crippen molar-refractivity contribution in [1.82, 2.24) is 10.2 Å². The highest BCUT2D eigenvalue weighted by Crippen LogP contribution is 2.27. The van der Waals surface area contributed by atoms with Gasteiger partial charge in [-0.3, -0.25) is 0 Å². The molecule has 2 rings (SSSR count). The van der Waals surface area contributed by atoms with E-state index in [9.17, 15) is 9.50 Å². The largest absolute Gasteiger partial charge is 0.507 e. The van der Waals surface area contributed by atoms with Crippen molar-refractivity contribution in [3.05, 3.63) is 28.9 Å². The van der Waals surface area contributed by atoms with Gasteiger partial charge in [0, 0.05) is 6.07 Å². The van der Waals surface area contributed by atoms with E-state index < -0.39 is 5.82 Å². The summed E-state index contributed by atoms with van der Waals surface area (Å²) < 4.78 is 17.6. The highest BCUT2D eigenvalue weighted by atomic mass is 32.1. The van der Waals surface area contributed by atoms with E-state index in [4.69, 9.17) is 4.42 Å². The molecular formula is C8H5FN2O2S. The lowest BCUT2D eigenvalue weighted by molar-refractivity contribution is 0.466. The maximum atomic E-state index is 12.6. The van der Waals surface area contributed by atoms with Crippen LogP contribution in [-0.4, -0.2) is 15.3 Å². The van der Waals surface area contributed by atoms with Crippen molar-refractivity contribution in [2.75, 3.05) is 0 Å². The van der Waals surface area contributed by atoms with Gasteiger partial charge in [0.05, 0.1) is 5.56 Å². The number of benzene rings is 1. The molecule has 1 heterocycles. The van der Waals surface area contributed by atoms with E-state index in [0.29, 0.717) is 5.56 Å². The standard InChI is InChI=1S/C8H5FN2O2S/c9-4-1-2-5(6(12)3-4)7-10-11-8(14)13-7/h1-3,12H,(H,11,14).